The highest BCUT2D eigenvalue weighted by atomic mass is 19.1. The van der Waals surface area contributed by atoms with Crippen LogP contribution in [0.3, 0.4) is 0 Å². The van der Waals surface area contributed by atoms with Crippen LogP contribution in [0, 0.1) is 5.82 Å². The lowest BCUT2D eigenvalue weighted by atomic mass is 10.2. The van der Waals surface area contributed by atoms with E-state index in [1.54, 1.807) is 0 Å². The van der Waals surface area contributed by atoms with Gasteiger partial charge in [0.25, 0.3) is 0 Å². The zero-order valence-electron chi connectivity index (χ0n) is 7.07. The van der Waals surface area contributed by atoms with Gasteiger partial charge >= 0.3 is 5.97 Å². The number of benzene rings is 1. The van der Waals surface area contributed by atoms with Crippen LogP contribution in [0.1, 0.15) is 10.4 Å². The molecule has 0 aromatic heterocycles. The van der Waals surface area contributed by atoms with E-state index in [9.17, 15) is 9.18 Å². The van der Waals surface area contributed by atoms with E-state index in [-0.39, 0.29) is 17.2 Å². The fourth-order valence-corrected chi connectivity index (χ4v) is 0.870. The van der Waals surface area contributed by atoms with Crippen molar-refractivity contribution >= 4 is 17.6 Å². The molecule has 0 spiro atoms. The number of guanidine groups is 1. The van der Waals surface area contributed by atoms with E-state index in [1.807, 2.05) is 0 Å². The van der Waals surface area contributed by atoms with Crippen molar-refractivity contribution in [3.05, 3.63) is 29.6 Å². The number of nitrogens with two attached hydrogens (primary N) is 2. The zero-order chi connectivity index (χ0) is 10.7. The van der Waals surface area contributed by atoms with Crippen molar-refractivity contribution in [2.24, 2.45) is 16.5 Å². The molecule has 0 bridgehead atoms. The molecule has 5 nitrogen and oxygen atoms in total. The Labute approximate surface area is 78.9 Å². The van der Waals surface area contributed by atoms with Crippen molar-refractivity contribution in [1.82, 2.24) is 0 Å². The number of nitrogens with zero attached hydrogens (tertiary/aromatic N) is 1. The second kappa shape index (κ2) is 3.73. The first-order valence-corrected chi connectivity index (χ1v) is 3.63. The zero-order valence-corrected chi connectivity index (χ0v) is 7.07. The lowest BCUT2D eigenvalue weighted by Gasteiger charge is -1.99. The van der Waals surface area contributed by atoms with Gasteiger partial charge in [0.1, 0.15) is 11.5 Å². The molecule has 0 heterocycles. The van der Waals surface area contributed by atoms with Crippen LogP contribution < -0.4 is 11.5 Å². The molecule has 74 valence electrons. The van der Waals surface area contributed by atoms with Crippen molar-refractivity contribution < 1.29 is 14.3 Å². The maximum Gasteiger partial charge on any atom is 0.335 e. The average Bonchev–Trinajstić information content (AvgIpc) is 2.07. The standard InChI is InChI=1S/C8H8FN3O2/c9-5-3-4(7(13)14)1-2-6(5)12-8(10)11/h1-3H,(H,13,14)(H4,10,11,12). The summed E-state index contributed by atoms with van der Waals surface area (Å²) in [7, 11) is 0. The molecule has 0 aliphatic carbocycles. The van der Waals surface area contributed by atoms with Crippen LogP contribution in [-0.4, -0.2) is 17.0 Å². The van der Waals surface area contributed by atoms with Gasteiger partial charge in [-0.2, -0.15) is 0 Å². The molecule has 0 aliphatic heterocycles. The average molecular weight is 197 g/mol. The number of aromatic carboxylic acids is 1. The Morgan fingerprint density at radius 1 is 1.43 bits per heavy atom. The predicted molar refractivity (Wildman–Crippen MR) is 48.8 cm³/mol. The van der Waals surface area contributed by atoms with E-state index >= 15 is 0 Å². The highest BCUT2D eigenvalue weighted by Crippen LogP contribution is 2.18. The third kappa shape index (κ3) is 2.19. The minimum atomic E-state index is -1.21. The first-order valence-electron chi connectivity index (χ1n) is 3.63. The van der Waals surface area contributed by atoms with Crippen LogP contribution in [0.2, 0.25) is 0 Å². The SMILES string of the molecule is NC(N)=Nc1ccc(C(=O)O)cc1F. The summed E-state index contributed by atoms with van der Waals surface area (Å²) in [4.78, 5) is 13.9. The first-order chi connectivity index (χ1) is 6.50. The van der Waals surface area contributed by atoms with E-state index in [1.165, 1.54) is 12.1 Å². The molecule has 14 heavy (non-hydrogen) atoms. The van der Waals surface area contributed by atoms with E-state index in [0.717, 1.165) is 6.07 Å². The second-order valence-corrected chi connectivity index (χ2v) is 2.51. The van der Waals surface area contributed by atoms with E-state index < -0.39 is 11.8 Å². The molecule has 0 saturated heterocycles. The lowest BCUT2D eigenvalue weighted by molar-refractivity contribution is 0.0696. The lowest BCUT2D eigenvalue weighted by Crippen LogP contribution is -2.22. The highest BCUT2D eigenvalue weighted by molar-refractivity contribution is 5.88. The summed E-state index contributed by atoms with van der Waals surface area (Å²) in [6.45, 7) is 0. The van der Waals surface area contributed by atoms with Crippen LogP contribution in [0.25, 0.3) is 0 Å². The van der Waals surface area contributed by atoms with E-state index in [0.29, 0.717) is 0 Å². The van der Waals surface area contributed by atoms with Gasteiger partial charge in [-0.15, -0.1) is 0 Å². The highest BCUT2D eigenvalue weighted by Gasteiger charge is 2.07. The molecule has 0 saturated carbocycles. The molecule has 0 atom stereocenters. The third-order valence-electron chi connectivity index (χ3n) is 1.44. The van der Waals surface area contributed by atoms with Gasteiger partial charge in [0, 0.05) is 0 Å². The smallest absolute Gasteiger partial charge is 0.335 e. The topological polar surface area (TPSA) is 102 Å². The molecular formula is C8H8FN3O2. The van der Waals surface area contributed by atoms with E-state index in [4.69, 9.17) is 16.6 Å². The Bertz CT molecular complexity index is 400. The van der Waals surface area contributed by atoms with Gasteiger partial charge in [-0.1, -0.05) is 0 Å². The maximum atomic E-state index is 13.1. The van der Waals surface area contributed by atoms with Crippen molar-refractivity contribution in [2.75, 3.05) is 0 Å². The number of halogens is 1. The number of aliphatic imine (C=N–C) groups is 1. The number of rotatable bonds is 2. The minimum Gasteiger partial charge on any atom is -0.478 e. The van der Waals surface area contributed by atoms with Gasteiger partial charge < -0.3 is 16.6 Å². The van der Waals surface area contributed by atoms with Gasteiger partial charge in [0.15, 0.2) is 5.96 Å². The Morgan fingerprint density at radius 2 is 2.07 bits per heavy atom. The van der Waals surface area contributed by atoms with Crippen LogP contribution in [-0.2, 0) is 0 Å². The molecule has 1 aromatic carbocycles. The maximum absolute atomic E-state index is 13.1. The molecule has 0 amide bonds. The summed E-state index contributed by atoms with van der Waals surface area (Å²) < 4.78 is 13.1. The summed E-state index contributed by atoms with van der Waals surface area (Å²) in [6, 6.07) is 3.26. The fraction of sp³-hybridized carbons (Fsp3) is 0. The number of carboxylic acid groups (broad SMARTS) is 1. The van der Waals surface area contributed by atoms with Crippen molar-refractivity contribution in [3.63, 3.8) is 0 Å². The number of hydrogen-bond donors (Lipinski definition) is 3. The summed E-state index contributed by atoms with van der Waals surface area (Å²) in [5.41, 5.74) is 9.83. The largest absolute Gasteiger partial charge is 0.478 e. The summed E-state index contributed by atoms with van der Waals surface area (Å²) in [5.74, 6) is -2.27. The molecule has 0 unspecified atom stereocenters. The van der Waals surface area contributed by atoms with Gasteiger partial charge in [0.05, 0.1) is 5.56 Å². The normalized spacial score (nSPS) is 9.50. The number of carbonyl (C=O) groups is 1. The van der Waals surface area contributed by atoms with Crippen LogP contribution >= 0.6 is 0 Å². The summed E-state index contributed by atoms with van der Waals surface area (Å²) >= 11 is 0. The summed E-state index contributed by atoms with van der Waals surface area (Å²) in [5, 5.41) is 8.53. The van der Waals surface area contributed by atoms with Crippen molar-refractivity contribution in [1.29, 1.82) is 0 Å². The molecule has 6 heteroatoms. The Kier molecular flexibility index (Phi) is 2.66. The van der Waals surface area contributed by atoms with Crippen LogP contribution in [0.5, 0.6) is 0 Å². The van der Waals surface area contributed by atoms with Crippen molar-refractivity contribution in [3.8, 4) is 0 Å². The molecule has 5 N–H and O–H groups in total. The molecule has 1 aromatic rings. The first kappa shape index (κ1) is 9.97. The third-order valence-corrected chi connectivity index (χ3v) is 1.44. The van der Waals surface area contributed by atoms with Crippen molar-refractivity contribution in [2.45, 2.75) is 0 Å². The van der Waals surface area contributed by atoms with Gasteiger partial charge in [-0.25, -0.2) is 14.2 Å². The van der Waals surface area contributed by atoms with Gasteiger partial charge in [-0.3, -0.25) is 0 Å². The Morgan fingerprint density at radius 3 is 2.50 bits per heavy atom. The summed E-state index contributed by atoms with van der Waals surface area (Å²) in [6.07, 6.45) is 0. The molecular weight excluding hydrogens is 189 g/mol. The Hall–Kier alpha value is -2.11. The quantitative estimate of drug-likeness (QED) is 0.472. The number of hydrogen-bond acceptors (Lipinski definition) is 2. The Balaban J connectivity index is 3.14. The fourth-order valence-electron chi connectivity index (χ4n) is 0.870. The van der Waals surface area contributed by atoms with Gasteiger partial charge in [-0.05, 0) is 18.2 Å². The number of carboxylic acids is 1. The molecule has 1 rings (SSSR count). The van der Waals surface area contributed by atoms with E-state index in [2.05, 4.69) is 4.99 Å². The molecule has 0 fully saturated rings. The molecule has 0 aliphatic rings. The second-order valence-electron chi connectivity index (χ2n) is 2.51. The predicted octanol–water partition coefficient (Wildman–Crippen LogP) is 0.429. The monoisotopic (exact) mass is 197 g/mol. The van der Waals surface area contributed by atoms with Gasteiger partial charge in [0.2, 0.25) is 0 Å². The minimum absolute atomic E-state index is 0.0880. The van der Waals surface area contributed by atoms with Crippen LogP contribution in [0.4, 0.5) is 10.1 Å². The molecule has 0 radical (unpaired) electrons. The van der Waals surface area contributed by atoms with Crippen LogP contribution in [0.15, 0.2) is 23.2 Å².